The van der Waals surface area contributed by atoms with Gasteiger partial charge in [-0.2, -0.15) is 0 Å². The molecule has 0 spiro atoms. The average molecular weight is 252 g/mol. The van der Waals surface area contributed by atoms with Gasteiger partial charge in [-0.15, -0.1) is 0 Å². The van der Waals surface area contributed by atoms with Crippen LogP contribution in [0.15, 0.2) is 53.5 Å². The van der Waals surface area contributed by atoms with E-state index in [1.807, 2.05) is 30.3 Å². The molecule has 4 heteroatoms. The van der Waals surface area contributed by atoms with E-state index in [4.69, 9.17) is 4.74 Å². The van der Waals surface area contributed by atoms with Gasteiger partial charge in [0.25, 0.3) is 0 Å². The number of hydrogen-bond acceptors (Lipinski definition) is 3. The van der Waals surface area contributed by atoms with Crippen LogP contribution in [0.4, 0.5) is 0 Å². The molecule has 0 radical (unpaired) electrons. The fourth-order valence-corrected chi connectivity index (χ4v) is 1.98. The summed E-state index contributed by atoms with van der Waals surface area (Å²) in [5.74, 6) is 0.821. The maximum absolute atomic E-state index is 11.2. The number of nitrogens with zero attached hydrogens (tertiary/aromatic N) is 1. The lowest BCUT2D eigenvalue weighted by Crippen LogP contribution is -2.03. The monoisotopic (exact) mass is 252 g/mol. The van der Waals surface area contributed by atoms with Gasteiger partial charge in [0.2, 0.25) is 5.56 Å². The van der Waals surface area contributed by atoms with Crippen molar-refractivity contribution in [1.29, 1.82) is 0 Å². The number of rotatable bonds is 2. The molecule has 1 aromatic carbocycles. The Kier molecular flexibility index (Phi) is 2.76. The summed E-state index contributed by atoms with van der Waals surface area (Å²) in [5, 5.41) is 0.910. The van der Waals surface area contributed by atoms with Crippen molar-refractivity contribution in [3.8, 4) is 16.9 Å². The highest BCUT2D eigenvalue weighted by molar-refractivity contribution is 5.80. The minimum atomic E-state index is -0.141. The molecule has 0 aliphatic rings. The van der Waals surface area contributed by atoms with E-state index >= 15 is 0 Å². The molecule has 0 aliphatic carbocycles. The van der Waals surface area contributed by atoms with Crippen molar-refractivity contribution in [3.63, 3.8) is 0 Å². The van der Waals surface area contributed by atoms with Crippen molar-refractivity contribution >= 4 is 11.0 Å². The van der Waals surface area contributed by atoms with E-state index in [1.165, 1.54) is 6.07 Å². The summed E-state index contributed by atoms with van der Waals surface area (Å²) < 4.78 is 5.13. The van der Waals surface area contributed by atoms with Gasteiger partial charge in [-0.25, -0.2) is 4.98 Å². The zero-order valence-electron chi connectivity index (χ0n) is 10.4. The molecule has 0 amide bonds. The van der Waals surface area contributed by atoms with E-state index in [9.17, 15) is 4.79 Å². The van der Waals surface area contributed by atoms with Gasteiger partial charge in [-0.3, -0.25) is 4.79 Å². The second-order valence-corrected chi connectivity index (χ2v) is 4.21. The fourth-order valence-electron chi connectivity index (χ4n) is 1.98. The average Bonchev–Trinajstić information content (AvgIpc) is 2.47. The van der Waals surface area contributed by atoms with Crippen LogP contribution in [0.3, 0.4) is 0 Å². The number of hydrogen-bond donors (Lipinski definition) is 1. The second kappa shape index (κ2) is 4.57. The van der Waals surface area contributed by atoms with Gasteiger partial charge in [0.05, 0.1) is 7.11 Å². The molecule has 0 fully saturated rings. The van der Waals surface area contributed by atoms with Crippen molar-refractivity contribution in [3.05, 3.63) is 59.0 Å². The van der Waals surface area contributed by atoms with Gasteiger partial charge >= 0.3 is 0 Å². The van der Waals surface area contributed by atoms with Crippen LogP contribution >= 0.6 is 0 Å². The number of aromatic amines is 1. The standard InChI is InChI=1S/C15H12N2O2/c1-19-13-5-2-10(3-6-13)12-8-11-4-7-14(18)17-15(11)16-9-12/h2-9H,1H3,(H,16,17,18). The quantitative estimate of drug-likeness (QED) is 0.762. The molecule has 19 heavy (non-hydrogen) atoms. The van der Waals surface area contributed by atoms with Gasteiger partial charge in [0.1, 0.15) is 11.4 Å². The fraction of sp³-hybridized carbons (Fsp3) is 0.0667. The first kappa shape index (κ1) is 11.5. The number of nitrogens with one attached hydrogen (secondary N) is 1. The lowest BCUT2D eigenvalue weighted by Gasteiger charge is -2.04. The van der Waals surface area contributed by atoms with Crippen LogP contribution in [0, 0.1) is 0 Å². The molecule has 1 N–H and O–H groups in total. The summed E-state index contributed by atoms with van der Waals surface area (Å²) in [5.41, 5.74) is 2.52. The lowest BCUT2D eigenvalue weighted by atomic mass is 10.1. The highest BCUT2D eigenvalue weighted by atomic mass is 16.5. The van der Waals surface area contributed by atoms with Crippen molar-refractivity contribution in [1.82, 2.24) is 9.97 Å². The van der Waals surface area contributed by atoms with Gasteiger partial charge in [-0.05, 0) is 29.8 Å². The summed E-state index contributed by atoms with van der Waals surface area (Å²) in [4.78, 5) is 18.2. The molecule has 4 nitrogen and oxygen atoms in total. The summed E-state index contributed by atoms with van der Waals surface area (Å²) in [6.07, 6.45) is 1.75. The van der Waals surface area contributed by atoms with Crippen molar-refractivity contribution in [2.45, 2.75) is 0 Å². The van der Waals surface area contributed by atoms with E-state index in [-0.39, 0.29) is 5.56 Å². The largest absolute Gasteiger partial charge is 0.497 e. The Morgan fingerprint density at radius 1 is 1.05 bits per heavy atom. The maximum atomic E-state index is 11.2. The van der Waals surface area contributed by atoms with Crippen LogP contribution in [0.5, 0.6) is 5.75 Å². The van der Waals surface area contributed by atoms with Crippen LogP contribution < -0.4 is 10.3 Å². The zero-order chi connectivity index (χ0) is 13.2. The van der Waals surface area contributed by atoms with Crippen molar-refractivity contribution < 1.29 is 4.74 Å². The first-order chi connectivity index (χ1) is 9.26. The lowest BCUT2D eigenvalue weighted by molar-refractivity contribution is 0.415. The van der Waals surface area contributed by atoms with Crippen LogP contribution in [0.25, 0.3) is 22.2 Å². The number of fused-ring (bicyclic) bond motifs is 1. The van der Waals surface area contributed by atoms with Gasteiger partial charge in [0, 0.05) is 23.2 Å². The number of H-pyrrole nitrogens is 1. The molecule has 2 aromatic heterocycles. The van der Waals surface area contributed by atoms with Gasteiger partial charge in [-0.1, -0.05) is 12.1 Å². The summed E-state index contributed by atoms with van der Waals surface area (Å²) in [6.45, 7) is 0. The molecule has 0 aliphatic heterocycles. The number of ether oxygens (including phenoxy) is 1. The first-order valence-electron chi connectivity index (χ1n) is 5.90. The summed E-state index contributed by atoms with van der Waals surface area (Å²) >= 11 is 0. The van der Waals surface area contributed by atoms with Gasteiger partial charge < -0.3 is 9.72 Å². The highest BCUT2D eigenvalue weighted by Gasteiger charge is 2.02. The Morgan fingerprint density at radius 3 is 2.58 bits per heavy atom. The Labute approximate surface area is 109 Å². The van der Waals surface area contributed by atoms with Crippen LogP contribution in [-0.2, 0) is 0 Å². The molecule has 0 atom stereocenters. The molecular formula is C15H12N2O2. The van der Waals surface area contributed by atoms with E-state index < -0.39 is 0 Å². The Hall–Kier alpha value is -2.62. The smallest absolute Gasteiger partial charge is 0.249 e. The third-order valence-corrected chi connectivity index (χ3v) is 3.00. The number of pyridine rings is 2. The predicted octanol–water partition coefficient (Wildman–Crippen LogP) is 2.60. The van der Waals surface area contributed by atoms with Crippen LogP contribution in [-0.4, -0.2) is 17.1 Å². The van der Waals surface area contributed by atoms with Crippen molar-refractivity contribution in [2.75, 3.05) is 7.11 Å². The second-order valence-electron chi connectivity index (χ2n) is 4.21. The Balaban J connectivity index is 2.09. The van der Waals surface area contributed by atoms with Gasteiger partial charge in [0.15, 0.2) is 0 Å². The molecule has 2 heterocycles. The molecular weight excluding hydrogens is 240 g/mol. The van der Waals surface area contributed by atoms with E-state index in [0.717, 1.165) is 22.3 Å². The molecule has 0 saturated carbocycles. The van der Waals surface area contributed by atoms with E-state index in [1.54, 1.807) is 19.4 Å². The maximum Gasteiger partial charge on any atom is 0.249 e. The number of benzene rings is 1. The van der Waals surface area contributed by atoms with E-state index in [0.29, 0.717) is 5.65 Å². The number of aromatic nitrogens is 2. The minimum absolute atomic E-state index is 0.141. The van der Waals surface area contributed by atoms with Crippen LogP contribution in [0.1, 0.15) is 0 Å². The first-order valence-corrected chi connectivity index (χ1v) is 5.90. The SMILES string of the molecule is COc1ccc(-c2cnc3[nH]c(=O)ccc3c2)cc1. The highest BCUT2D eigenvalue weighted by Crippen LogP contribution is 2.23. The third-order valence-electron chi connectivity index (χ3n) is 3.00. The molecule has 0 bridgehead atoms. The predicted molar refractivity (Wildman–Crippen MR) is 74.4 cm³/mol. The zero-order valence-corrected chi connectivity index (χ0v) is 10.4. The summed E-state index contributed by atoms with van der Waals surface area (Å²) in [7, 11) is 1.64. The van der Waals surface area contributed by atoms with Crippen molar-refractivity contribution in [2.24, 2.45) is 0 Å². The molecule has 3 aromatic rings. The van der Waals surface area contributed by atoms with Crippen LogP contribution in [0.2, 0.25) is 0 Å². The summed E-state index contributed by atoms with van der Waals surface area (Å²) in [6, 6.07) is 13.1. The molecule has 0 saturated heterocycles. The molecule has 0 unspecified atom stereocenters. The Bertz CT molecular complexity index is 776. The van der Waals surface area contributed by atoms with E-state index in [2.05, 4.69) is 9.97 Å². The number of methoxy groups -OCH3 is 1. The normalized spacial score (nSPS) is 10.6. The third kappa shape index (κ3) is 2.20. The Morgan fingerprint density at radius 2 is 1.84 bits per heavy atom. The molecule has 3 rings (SSSR count). The topological polar surface area (TPSA) is 55.0 Å². The minimum Gasteiger partial charge on any atom is -0.497 e. The molecule has 94 valence electrons.